The Bertz CT molecular complexity index is 1160. The van der Waals surface area contributed by atoms with Gasteiger partial charge in [0, 0.05) is 34.7 Å². The van der Waals surface area contributed by atoms with Gasteiger partial charge >= 0.3 is 5.69 Å². The molecule has 0 bridgehead atoms. The third kappa shape index (κ3) is 4.46. The molecule has 0 spiro atoms. The van der Waals surface area contributed by atoms with E-state index in [-0.39, 0.29) is 22.8 Å². The van der Waals surface area contributed by atoms with Gasteiger partial charge in [0.25, 0.3) is 11.6 Å². The van der Waals surface area contributed by atoms with E-state index < -0.39 is 21.4 Å². The number of aromatic nitrogens is 2. The first kappa shape index (κ1) is 21.0. The summed E-state index contributed by atoms with van der Waals surface area (Å²) in [5, 5.41) is 29.0. The van der Waals surface area contributed by atoms with Gasteiger partial charge in [-0.25, -0.2) is 0 Å². The van der Waals surface area contributed by atoms with Gasteiger partial charge in [-0.1, -0.05) is 29.5 Å². The first-order valence-corrected chi connectivity index (χ1v) is 9.50. The second-order valence-corrected chi connectivity index (χ2v) is 7.65. The lowest BCUT2D eigenvalue weighted by molar-refractivity contribution is -0.385. The lowest BCUT2D eigenvalue weighted by Gasteiger charge is -2.07. The minimum Gasteiger partial charge on any atom is -0.320 e. The Morgan fingerprint density at radius 2 is 1.70 bits per heavy atom. The molecule has 0 radical (unpaired) electrons. The van der Waals surface area contributed by atoms with Crippen molar-refractivity contribution in [3.05, 3.63) is 79.6 Å². The minimum absolute atomic E-state index is 0.140. The highest BCUT2D eigenvalue weighted by molar-refractivity contribution is 7.99. The van der Waals surface area contributed by atoms with Gasteiger partial charge in [-0.15, -0.1) is 0 Å². The summed E-state index contributed by atoms with van der Waals surface area (Å²) in [6.45, 7) is 3.43. The molecule has 3 rings (SSSR count). The van der Waals surface area contributed by atoms with E-state index in [0.717, 1.165) is 10.5 Å². The molecule has 1 heterocycles. The van der Waals surface area contributed by atoms with Gasteiger partial charge in [0.1, 0.15) is 5.69 Å². The summed E-state index contributed by atoms with van der Waals surface area (Å²) in [6.07, 6.45) is 0. The van der Waals surface area contributed by atoms with Crippen molar-refractivity contribution in [3.63, 3.8) is 0 Å². The predicted molar refractivity (Wildman–Crippen MR) is 111 cm³/mol. The Labute approximate surface area is 175 Å². The smallest absolute Gasteiger partial charge is 0.320 e. The molecule has 0 atom stereocenters. The van der Waals surface area contributed by atoms with Crippen molar-refractivity contribution >= 4 is 34.7 Å². The average molecular weight is 427 g/mol. The number of nitro groups is 2. The fourth-order valence-corrected chi connectivity index (χ4v) is 3.63. The lowest BCUT2D eigenvalue weighted by Crippen LogP contribution is -2.14. The van der Waals surface area contributed by atoms with Crippen molar-refractivity contribution in [2.45, 2.75) is 23.6 Å². The monoisotopic (exact) mass is 427 g/mol. The molecule has 1 amide bonds. The number of carbonyl (C=O) groups excluding carboxylic acids is 1. The maximum atomic E-state index is 12.6. The normalized spacial score (nSPS) is 10.6. The van der Waals surface area contributed by atoms with Crippen molar-refractivity contribution in [1.29, 1.82) is 0 Å². The van der Waals surface area contributed by atoms with Crippen LogP contribution in [0.4, 0.5) is 17.1 Å². The summed E-state index contributed by atoms with van der Waals surface area (Å²) in [7, 11) is 1.49. The number of benzene rings is 2. The van der Waals surface area contributed by atoms with Crippen molar-refractivity contribution in [2.75, 3.05) is 5.32 Å². The number of aryl methyl sites for hydroxylation is 2. The van der Waals surface area contributed by atoms with E-state index in [4.69, 9.17) is 0 Å². The molecule has 0 fully saturated rings. The molecule has 3 aromatic rings. The summed E-state index contributed by atoms with van der Waals surface area (Å²) in [5.41, 5.74) is 0.461. The van der Waals surface area contributed by atoms with E-state index >= 15 is 0 Å². The summed E-state index contributed by atoms with van der Waals surface area (Å²) in [6, 6.07) is 11.8. The van der Waals surface area contributed by atoms with Gasteiger partial charge < -0.3 is 5.32 Å². The van der Waals surface area contributed by atoms with E-state index in [2.05, 4.69) is 10.4 Å². The zero-order chi connectivity index (χ0) is 22.0. The van der Waals surface area contributed by atoms with Gasteiger partial charge in [0.05, 0.1) is 9.85 Å². The number of nitrogens with zero attached hydrogens (tertiary/aromatic N) is 4. The van der Waals surface area contributed by atoms with Gasteiger partial charge in [-0.3, -0.25) is 29.7 Å². The van der Waals surface area contributed by atoms with Crippen LogP contribution in [0, 0.1) is 34.1 Å². The predicted octanol–water partition coefficient (Wildman–Crippen LogP) is 4.26. The van der Waals surface area contributed by atoms with Crippen LogP contribution in [-0.2, 0) is 7.05 Å². The molecule has 2 aromatic carbocycles. The zero-order valence-corrected chi connectivity index (χ0v) is 17.1. The second-order valence-electron chi connectivity index (χ2n) is 6.51. The van der Waals surface area contributed by atoms with Crippen LogP contribution in [0.3, 0.4) is 0 Å². The molecule has 0 saturated heterocycles. The molecule has 0 aliphatic rings. The van der Waals surface area contributed by atoms with Crippen molar-refractivity contribution in [2.24, 2.45) is 7.05 Å². The number of carbonyl (C=O) groups is 1. The third-order valence-corrected chi connectivity index (χ3v) is 5.30. The number of nitrogens with one attached hydrogen (secondary N) is 1. The molecule has 0 aliphatic heterocycles. The van der Waals surface area contributed by atoms with Crippen LogP contribution in [0.25, 0.3) is 0 Å². The molecule has 154 valence electrons. The number of rotatable bonds is 6. The molecule has 0 saturated carbocycles. The van der Waals surface area contributed by atoms with Gasteiger partial charge in [-0.05, 0) is 32.0 Å². The number of hydrogen-bond donors (Lipinski definition) is 1. The third-order valence-electron chi connectivity index (χ3n) is 4.32. The van der Waals surface area contributed by atoms with E-state index in [1.165, 1.54) is 42.5 Å². The summed E-state index contributed by atoms with van der Waals surface area (Å²) >= 11 is 1.30. The van der Waals surface area contributed by atoms with Gasteiger partial charge in [0.2, 0.25) is 5.69 Å². The highest BCUT2D eigenvalue weighted by Crippen LogP contribution is 2.33. The molecular weight excluding hydrogens is 410 g/mol. The van der Waals surface area contributed by atoms with Crippen molar-refractivity contribution in [3.8, 4) is 0 Å². The number of hydrogen-bond acceptors (Lipinski definition) is 7. The Kier molecular flexibility index (Phi) is 5.83. The number of non-ortho nitro benzene ring substituents is 1. The summed E-state index contributed by atoms with van der Waals surface area (Å²) in [4.78, 5) is 35.4. The maximum absolute atomic E-state index is 12.6. The molecule has 11 heteroatoms. The van der Waals surface area contributed by atoms with Gasteiger partial charge in [-0.2, -0.15) is 5.10 Å². The maximum Gasteiger partial charge on any atom is 0.322 e. The van der Waals surface area contributed by atoms with Crippen LogP contribution in [0.15, 0.2) is 52.3 Å². The fourth-order valence-electron chi connectivity index (χ4n) is 2.72. The quantitative estimate of drug-likeness (QED) is 0.459. The summed E-state index contributed by atoms with van der Waals surface area (Å²) < 4.78 is 1.24. The Balaban J connectivity index is 1.94. The fraction of sp³-hybridized carbons (Fsp3) is 0.158. The van der Waals surface area contributed by atoms with E-state index in [0.29, 0.717) is 4.90 Å². The minimum atomic E-state index is -0.822. The Morgan fingerprint density at radius 3 is 2.30 bits per heavy atom. The molecule has 1 aromatic heterocycles. The largest absolute Gasteiger partial charge is 0.322 e. The van der Waals surface area contributed by atoms with Crippen molar-refractivity contribution in [1.82, 2.24) is 9.78 Å². The Hall–Kier alpha value is -3.73. The van der Waals surface area contributed by atoms with Crippen LogP contribution in [0.5, 0.6) is 0 Å². The standard InChI is InChI=1S/C19H17N5O5S/c1-11-4-6-15(7-5-11)30-16-9-13(8-14(10-16)23(26)27)20-19(25)17-18(24(28)29)12(2)22(3)21-17/h4-10H,1-3H3,(H,20,25). The first-order valence-electron chi connectivity index (χ1n) is 8.69. The Morgan fingerprint density at radius 1 is 1.03 bits per heavy atom. The lowest BCUT2D eigenvalue weighted by atomic mass is 10.2. The average Bonchev–Trinajstić information content (AvgIpc) is 2.98. The van der Waals surface area contributed by atoms with Crippen molar-refractivity contribution < 1.29 is 14.6 Å². The van der Waals surface area contributed by atoms with Crippen LogP contribution < -0.4 is 5.32 Å². The van der Waals surface area contributed by atoms with E-state index in [9.17, 15) is 25.0 Å². The van der Waals surface area contributed by atoms with E-state index in [1.807, 2.05) is 31.2 Å². The summed E-state index contributed by atoms with van der Waals surface area (Å²) in [5.74, 6) is -0.822. The zero-order valence-electron chi connectivity index (χ0n) is 16.3. The highest BCUT2D eigenvalue weighted by Gasteiger charge is 2.29. The SMILES string of the molecule is Cc1ccc(Sc2cc(NC(=O)c3nn(C)c(C)c3[N+](=O)[O-])cc([N+](=O)[O-])c2)cc1. The number of amides is 1. The second kappa shape index (κ2) is 8.33. The number of nitro benzene ring substituents is 1. The molecule has 1 N–H and O–H groups in total. The molecule has 10 nitrogen and oxygen atoms in total. The van der Waals surface area contributed by atoms with Crippen LogP contribution in [0.2, 0.25) is 0 Å². The topological polar surface area (TPSA) is 133 Å². The molecule has 30 heavy (non-hydrogen) atoms. The van der Waals surface area contributed by atoms with Crippen LogP contribution in [0.1, 0.15) is 21.7 Å². The molecule has 0 aliphatic carbocycles. The first-order chi connectivity index (χ1) is 14.2. The number of anilines is 1. The van der Waals surface area contributed by atoms with Crippen LogP contribution >= 0.6 is 11.8 Å². The van der Waals surface area contributed by atoms with E-state index in [1.54, 1.807) is 6.07 Å². The van der Waals surface area contributed by atoms with Crippen LogP contribution in [-0.4, -0.2) is 25.5 Å². The molecule has 0 unspecified atom stereocenters. The molecular formula is C19H17N5O5S. The highest BCUT2D eigenvalue weighted by atomic mass is 32.2. The van der Waals surface area contributed by atoms with Gasteiger partial charge in [0.15, 0.2) is 0 Å².